The Morgan fingerprint density at radius 1 is 1.50 bits per heavy atom. The molecule has 1 aromatic carbocycles. The summed E-state index contributed by atoms with van der Waals surface area (Å²) in [4.78, 5) is 10.5. The highest BCUT2D eigenvalue weighted by Crippen LogP contribution is 2.25. The predicted molar refractivity (Wildman–Crippen MR) is 68.0 cm³/mol. The van der Waals surface area contributed by atoms with E-state index in [4.69, 9.17) is 21.8 Å². The van der Waals surface area contributed by atoms with E-state index in [2.05, 4.69) is 15.9 Å². The van der Waals surface area contributed by atoms with Gasteiger partial charge in [-0.2, -0.15) is 4.72 Å². The first-order chi connectivity index (χ1) is 8.27. The number of aliphatic hydroxyl groups excluding tert-OH is 1. The van der Waals surface area contributed by atoms with E-state index in [-0.39, 0.29) is 4.90 Å². The molecule has 0 bridgehead atoms. The first-order valence-corrected chi connectivity index (χ1v) is 7.24. The zero-order chi connectivity index (χ0) is 13.9. The van der Waals surface area contributed by atoms with E-state index in [0.29, 0.717) is 9.50 Å². The van der Waals surface area contributed by atoms with Crippen molar-refractivity contribution in [2.45, 2.75) is 10.9 Å². The Morgan fingerprint density at radius 3 is 2.56 bits per heavy atom. The second-order valence-electron chi connectivity index (χ2n) is 3.27. The van der Waals surface area contributed by atoms with Gasteiger partial charge in [0.25, 0.3) is 0 Å². The predicted octanol–water partition coefficient (Wildman–Crippen LogP) is 0.826. The minimum Gasteiger partial charge on any atom is -0.480 e. The number of carboxylic acid groups (broad SMARTS) is 1. The lowest BCUT2D eigenvalue weighted by atomic mass is 10.3. The van der Waals surface area contributed by atoms with Crippen LogP contribution in [0.15, 0.2) is 27.6 Å². The van der Waals surface area contributed by atoms with Crippen LogP contribution < -0.4 is 4.72 Å². The summed E-state index contributed by atoms with van der Waals surface area (Å²) >= 11 is 8.78. The fraction of sp³-hybridized carbons (Fsp3) is 0.222. The van der Waals surface area contributed by atoms with Gasteiger partial charge in [-0.15, -0.1) is 0 Å². The van der Waals surface area contributed by atoms with E-state index in [1.807, 2.05) is 4.72 Å². The monoisotopic (exact) mass is 357 g/mol. The number of benzene rings is 1. The summed E-state index contributed by atoms with van der Waals surface area (Å²) < 4.78 is 25.9. The number of carbonyl (C=O) groups is 1. The molecule has 18 heavy (non-hydrogen) atoms. The first kappa shape index (κ1) is 15.4. The molecule has 6 nitrogen and oxygen atoms in total. The van der Waals surface area contributed by atoms with Crippen LogP contribution in [0.5, 0.6) is 0 Å². The molecule has 1 aromatic rings. The molecule has 0 aliphatic carbocycles. The smallest absolute Gasteiger partial charge is 0.324 e. The van der Waals surface area contributed by atoms with Crippen LogP contribution in [-0.2, 0) is 14.8 Å². The van der Waals surface area contributed by atoms with Gasteiger partial charge in [-0.3, -0.25) is 4.79 Å². The molecular weight excluding hydrogens is 350 g/mol. The lowest BCUT2D eigenvalue weighted by Crippen LogP contribution is -2.43. The van der Waals surface area contributed by atoms with E-state index in [1.165, 1.54) is 18.2 Å². The van der Waals surface area contributed by atoms with Crippen molar-refractivity contribution in [1.29, 1.82) is 0 Å². The van der Waals surface area contributed by atoms with Gasteiger partial charge in [0.1, 0.15) is 6.04 Å². The van der Waals surface area contributed by atoms with Gasteiger partial charge >= 0.3 is 5.97 Å². The average Bonchev–Trinajstić information content (AvgIpc) is 2.29. The number of nitrogens with one attached hydrogen (secondary N) is 1. The van der Waals surface area contributed by atoms with Crippen LogP contribution in [0.2, 0.25) is 5.02 Å². The number of rotatable bonds is 5. The molecule has 0 saturated heterocycles. The van der Waals surface area contributed by atoms with Crippen molar-refractivity contribution in [2.75, 3.05) is 6.61 Å². The van der Waals surface area contributed by atoms with Crippen molar-refractivity contribution >= 4 is 43.5 Å². The van der Waals surface area contributed by atoms with Gasteiger partial charge in [0.2, 0.25) is 10.0 Å². The van der Waals surface area contributed by atoms with Crippen molar-refractivity contribution in [3.05, 3.63) is 27.7 Å². The lowest BCUT2D eigenvalue weighted by Gasteiger charge is -2.12. The highest BCUT2D eigenvalue weighted by molar-refractivity contribution is 9.10. The van der Waals surface area contributed by atoms with Crippen LogP contribution in [0.3, 0.4) is 0 Å². The molecule has 0 radical (unpaired) electrons. The summed E-state index contributed by atoms with van der Waals surface area (Å²) in [6, 6.07) is 2.23. The maximum Gasteiger partial charge on any atom is 0.324 e. The van der Waals surface area contributed by atoms with E-state index in [0.717, 1.165) is 0 Å². The van der Waals surface area contributed by atoms with Crippen LogP contribution in [0.1, 0.15) is 0 Å². The summed E-state index contributed by atoms with van der Waals surface area (Å²) in [7, 11) is -4.04. The number of hydrogen-bond acceptors (Lipinski definition) is 4. The Morgan fingerprint density at radius 2 is 2.11 bits per heavy atom. The van der Waals surface area contributed by atoms with Crippen molar-refractivity contribution < 1.29 is 23.4 Å². The van der Waals surface area contributed by atoms with Crippen molar-refractivity contribution in [1.82, 2.24) is 4.72 Å². The molecule has 0 unspecified atom stereocenters. The van der Waals surface area contributed by atoms with E-state index >= 15 is 0 Å². The molecule has 100 valence electrons. The number of halogens is 2. The number of hydrogen-bond donors (Lipinski definition) is 3. The van der Waals surface area contributed by atoms with Crippen LogP contribution in [0, 0.1) is 0 Å². The third kappa shape index (κ3) is 3.66. The molecule has 0 fully saturated rings. The summed E-state index contributed by atoms with van der Waals surface area (Å²) in [5.41, 5.74) is 0. The standard InChI is InChI=1S/C9H9BrClNO5S/c10-6-3-5(1-2-7(6)11)18(16,17)12-8(4-13)9(14)15/h1-3,8,12-13H,4H2,(H,14,15)/t8-/m0/s1. The number of aliphatic carboxylic acids is 1. The second-order valence-corrected chi connectivity index (χ2v) is 6.25. The summed E-state index contributed by atoms with van der Waals surface area (Å²) in [6.45, 7) is -0.844. The minimum atomic E-state index is -4.04. The Balaban J connectivity index is 3.06. The topological polar surface area (TPSA) is 104 Å². The van der Waals surface area contributed by atoms with Gasteiger partial charge in [0, 0.05) is 4.47 Å². The Bertz CT molecular complexity index is 562. The van der Waals surface area contributed by atoms with Crippen molar-refractivity contribution in [3.8, 4) is 0 Å². The quantitative estimate of drug-likeness (QED) is 0.723. The van der Waals surface area contributed by atoms with Gasteiger partial charge in [-0.1, -0.05) is 11.6 Å². The van der Waals surface area contributed by atoms with Crippen LogP contribution in [-0.4, -0.2) is 37.2 Å². The molecule has 0 saturated carbocycles. The zero-order valence-corrected chi connectivity index (χ0v) is 12.0. The number of aliphatic hydroxyl groups is 1. The van der Waals surface area contributed by atoms with E-state index in [9.17, 15) is 13.2 Å². The maximum atomic E-state index is 11.8. The average molecular weight is 359 g/mol. The molecule has 0 aromatic heterocycles. The molecule has 0 aliphatic heterocycles. The minimum absolute atomic E-state index is 0.154. The Kier molecular flexibility index (Phi) is 5.11. The van der Waals surface area contributed by atoms with Gasteiger partial charge in [-0.25, -0.2) is 8.42 Å². The van der Waals surface area contributed by atoms with Crippen molar-refractivity contribution in [2.24, 2.45) is 0 Å². The first-order valence-electron chi connectivity index (χ1n) is 4.59. The summed E-state index contributed by atoms with van der Waals surface area (Å²) in [5.74, 6) is -1.46. The zero-order valence-electron chi connectivity index (χ0n) is 8.80. The van der Waals surface area contributed by atoms with Crippen LogP contribution >= 0.6 is 27.5 Å². The normalized spacial score (nSPS) is 13.3. The van der Waals surface area contributed by atoms with E-state index in [1.54, 1.807) is 0 Å². The molecule has 3 N–H and O–H groups in total. The van der Waals surface area contributed by atoms with E-state index < -0.39 is 28.6 Å². The number of sulfonamides is 1. The molecule has 0 aliphatic rings. The fourth-order valence-corrected chi connectivity index (χ4v) is 2.92. The maximum absolute atomic E-state index is 11.8. The highest BCUT2D eigenvalue weighted by Gasteiger charge is 2.24. The van der Waals surface area contributed by atoms with Gasteiger partial charge in [0.05, 0.1) is 16.5 Å². The molecule has 0 heterocycles. The highest BCUT2D eigenvalue weighted by atomic mass is 79.9. The summed E-state index contributed by atoms with van der Waals surface area (Å²) in [6.07, 6.45) is 0. The molecule has 1 rings (SSSR count). The molecule has 0 amide bonds. The SMILES string of the molecule is O=C(O)[C@H](CO)NS(=O)(=O)c1ccc(Cl)c(Br)c1. The Hall–Kier alpha value is -0.670. The van der Waals surface area contributed by atoms with Crippen LogP contribution in [0.4, 0.5) is 0 Å². The summed E-state index contributed by atoms with van der Waals surface area (Å²) in [5, 5.41) is 17.8. The molecule has 9 heteroatoms. The number of carboxylic acids is 1. The fourth-order valence-electron chi connectivity index (χ4n) is 1.07. The third-order valence-electron chi connectivity index (χ3n) is 1.98. The van der Waals surface area contributed by atoms with Gasteiger partial charge < -0.3 is 10.2 Å². The molecule has 1 atom stereocenters. The third-order valence-corrected chi connectivity index (χ3v) is 4.66. The molecular formula is C9H9BrClNO5S. The second kappa shape index (κ2) is 5.98. The van der Waals surface area contributed by atoms with Gasteiger partial charge in [-0.05, 0) is 34.1 Å². The lowest BCUT2D eigenvalue weighted by molar-refractivity contribution is -0.139. The van der Waals surface area contributed by atoms with Crippen molar-refractivity contribution in [3.63, 3.8) is 0 Å². The Labute approximate surface area is 117 Å². The van der Waals surface area contributed by atoms with Gasteiger partial charge in [0.15, 0.2) is 0 Å². The molecule has 0 spiro atoms. The largest absolute Gasteiger partial charge is 0.480 e. The van der Waals surface area contributed by atoms with Crippen LogP contribution in [0.25, 0.3) is 0 Å².